The average Bonchev–Trinajstić information content (AvgIpc) is 2.36. The first-order valence-electron chi connectivity index (χ1n) is 6.30. The molecule has 0 bridgehead atoms. The average molecular weight is 262 g/mol. The van der Waals surface area contributed by atoms with E-state index >= 15 is 0 Å². The van der Waals surface area contributed by atoms with Gasteiger partial charge in [0.2, 0.25) is 0 Å². The maximum Gasteiger partial charge on any atom is 0.313 e. The Bertz CT molecular complexity index is 477. The molecule has 4 heteroatoms. The highest BCUT2D eigenvalue weighted by Crippen LogP contribution is 2.09. The van der Waals surface area contributed by atoms with Crippen LogP contribution in [0.2, 0.25) is 0 Å². The molecule has 0 heterocycles. The van der Waals surface area contributed by atoms with Crippen LogP contribution in [-0.4, -0.2) is 24.1 Å². The summed E-state index contributed by atoms with van der Waals surface area (Å²) < 4.78 is 4.68. The number of hydrogen-bond acceptors (Lipinski definition) is 4. The highest BCUT2D eigenvalue weighted by Gasteiger charge is 2.13. The quantitative estimate of drug-likeness (QED) is 0.430. The summed E-state index contributed by atoms with van der Waals surface area (Å²) in [5.74, 6) is -0.879. The monoisotopic (exact) mass is 262 g/mol. The van der Waals surface area contributed by atoms with Crippen molar-refractivity contribution in [3.63, 3.8) is 0 Å². The van der Waals surface area contributed by atoms with Crippen LogP contribution in [0.25, 0.3) is 0 Å². The van der Waals surface area contributed by atoms with Gasteiger partial charge in [0.15, 0.2) is 5.78 Å². The number of ketones is 2. The summed E-state index contributed by atoms with van der Waals surface area (Å²) >= 11 is 0. The van der Waals surface area contributed by atoms with Gasteiger partial charge >= 0.3 is 5.97 Å². The Hall–Kier alpha value is -1.97. The Morgan fingerprint density at radius 3 is 2.53 bits per heavy atom. The maximum atomic E-state index is 11.8. The minimum Gasteiger partial charge on any atom is -0.466 e. The fourth-order valence-electron chi connectivity index (χ4n) is 1.68. The molecule has 102 valence electrons. The van der Waals surface area contributed by atoms with Crippen LogP contribution in [0.15, 0.2) is 24.3 Å². The molecule has 1 aromatic carbocycles. The van der Waals surface area contributed by atoms with Gasteiger partial charge in [-0.3, -0.25) is 14.4 Å². The lowest BCUT2D eigenvalue weighted by Gasteiger charge is -2.03. The molecule has 0 amide bonds. The van der Waals surface area contributed by atoms with Crippen LogP contribution in [0.4, 0.5) is 0 Å². The van der Waals surface area contributed by atoms with Gasteiger partial charge in [0, 0.05) is 18.4 Å². The van der Waals surface area contributed by atoms with Crippen LogP contribution in [0.5, 0.6) is 0 Å². The summed E-state index contributed by atoms with van der Waals surface area (Å²) in [6.45, 7) is 3.85. The van der Waals surface area contributed by atoms with E-state index in [1.54, 1.807) is 19.1 Å². The highest BCUT2D eigenvalue weighted by atomic mass is 16.5. The SMILES string of the molecule is CCOC(=O)CC(=O)CCC(=O)c1cccc(C)c1. The largest absolute Gasteiger partial charge is 0.466 e. The first-order chi connectivity index (χ1) is 9.02. The smallest absolute Gasteiger partial charge is 0.313 e. The number of carbonyl (C=O) groups is 3. The van der Waals surface area contributed by atoms with Gasteiger partial charge in [-0.1, -0.05) is 23.8 Å². The standard InChI is InChI=1S/C15H18O4/c1-3-19-15(18)10-13(16)7-8-14(17)12-6-4-5-11(2)9-12/h4-6,9H,3,7-8,10H2,1-2H3. The number of rotatable bonds is 7. The molecule has 1 rings (SSSR count). The summed E-state index contributed by atoms with van der Waals surface area (Å²) in [5.41, 5.74) is 1.60. The van der Waals surface area contributed by atoms with E-state index in [0.717, 1.165) is 5.56 Å². The second kappa shape index (κ2) is 7.46. The number of carbonyl (C=O) groups excluding carboxylic acids is 3. The summed E-state index contributed by atoms with van der Waals surface area (Å²) in [4.78, 5) is 34.4. The van der Waals surface area contributed by atoms with E-state index in [1.165, 1.54) is 0 Å². The van der Waals surface area contributed by atoms with E-state index in [4.69, 9.17) is 0 Å². The molecule has 0 spiro atoms. The van der Waals surface area contributed by atoms with Crippen LogP contribution < -0.4 is 0 Å². The molecule has 0 aromatic heterocycles. The zero-order valence-corrected chi connectivity index (χ0v) is 11.3. The molecule has 0 aliphatic heterocycles. The van der Waals surface area contributed by atoms with Crippen LogP contribution >= 0.6 is 0 Å². The van der Waals surface area contributed by atoms with Crippen molar-refractivity contribution in [3.8, 4) is 0 Å². The molecule has 0 fully saturated rings. The molecular weight excluding hydrogens is 244 g/mol. The number of hydrogen-bond donors (Lipinski definition) is 0. The Morgan fingerprint density at radius 2 is 1.89 bits per heavy atom. The first kappa shape index (κ1) is 15.1. The fraction of sp³-hybridized carbons (Fsp3) is 0.400. The highest BCUT2D eigenvalue weighted by molar-refractivity contribution is 6.01. The normalized spacial score (nSPS) is 10.0. The molecule has 0 aliphatic carbocycles. The van der Waals surface area contributed by atoms with Crippen molar-refractivity contribution in [1.82, 2.24) is 0 Å². The lowest BCUT2D eigenvalue weighted by atomic mass is 10.0. The minimum atomic E-state index is -0.532. The summed E-state index contributed by atoms with van der Waals surface area (Å²) in [5, 5.41) is 0. The van der Waals surface area contributed by atoms with Crippen LogP contribution in [-0.2, 0) is 14.3 Å². The molecule has 0 aliphatic rings. The van der Waals surface area contributed by atoms with Gasteiger partial charge in [0.25, 0.3) is 0 Å². The van der Waals surface area contributed by atoms with E-state index in [9.17, 15) is 14.4 Å². The van der Waals surface area contributed by atoms with E-state index in [2.05, 4.69) is 4.74 Å². The number of aryl methyl sites for hydroxylation is 1. The summed E-state index contributed by atoms with van der Waals surface area (Å²) in [6, 6.07) is 7.23. The maximum absolute atomic E-state index is 11.8. The van der Waals surface area contributed by atoms with E-state index < -0.39 is 5.97 Å². The van der Waals surface area contributed by atoms with Gasteiger partial charge < -0.3 is 4.74 Å². The molecule has 0 unspecified atom stereocenters. The Kier molecular flexibility index (Phi) is 5.93. The molecule has 0 atom stereocenters. The van der Waals surface area contributed by atoms with E-state index in [0.29, 0.717) is 5.56 Å². The fourth-order valence-corrected chi connectivity index (χ4v) is 1.68. The lowest BCUT2D eigenvalue weighted by molar-refractivity contribution is -0.145. The van der Waals surface area contributed by atoms with Crippen molar-refractivity contribution >= 4 is 17.5 Å². The van der Waals surface area contributed by atoms with E-state index in [1.807, 2.05) is 19.1 Å². The lowest BCUT2D eigenvalue weighted by Crippen LogP contribution is -2.12. The zero-order chi connectivity index (χ0) is 14.3. The number of esters is 1. The van der Waals surface area contributed by atoms with Crippen molar-refractivity contribution in [2.24, 2.45) is 0 Å². The zero-order valence-electron chi connectivity index (χ0n) is 11.3. The van der Waals surface area contributed by atoms with Crippen molar-refractivity contribution in [2.45, 2.75) is 33.1 Å². The summed E-state index contributed by atoms with van der Waals surface area (Å²) in [7, 11) is 0. The van der Waals surface area contributed by atoms with Gasteiger partial charge in [0.1, 0.15) is 12.2 Å². The molecule has 0 saturated heterocycles. The van der Waals surface area contributed by atoms with E-state index in [-0.39, 0.29) is 37.4 Å². The van der Waals surface area contributed by atoms with Crippen molar-refractivity contribution in [3.05, 3.63) is 35.4 Å². The second-order valence-electron chi connectivity index (χ2n) is 4.31. The Balaban J connectivity index is 2.42. The molecule has 4 nitrogen and oxygen atoms in total. The topological polar surface area (TPSA) is 60.4 Å². The van der Waals surface area contributed by atoms with Crippen LogP contribution in [0.1, 0.15) is 42.1 Å². The van der Waals surface area contributed by atoms with Crippen LogP contribution in [0, 0.1) is 6.92 Å². The Morgan fingerprint density at radius 1 is 1.16 bits per heavy atom. The molecule has 0 saturated carbocycles. The minimum absolute atomic E-state index is 0.0750. The third-order valence-corrected chi connectivity index (χ3v) is 2.62. The second-order valence-corrected chi connectivity index (χ2v) is 4.31. The molecular formula is C15H18O4. The van der Waals surface area contributed by atoms with Crippen molar-refractivity contribution in [1.29, 1.82) is 0 Å². The molecule has 0 N–H and O–H groups in total. The molecule has 0 radical (unpaired) electrons. The number of ether oxygens (including phenoxy) is 1. The molecule has 19 heavy (non-hydrogen) atoms. The van der Waals surface area contributed by atoms with Crippen molar-refractivity contribution in [2.75, 3.05) is 6.61 Å². The van der Waals surface area contributed by atoms with Gasteiger partial charge in [-0.2, -0.15) is 0 Å². The van der Waals surface area contributed by atoms with Crippen molar-refractivity contribution < 1.29 is 19.1 Å². The predicted octanol–water partition coefficient (Wildman–Crippen LogP) is 2.48. The third-order valence-electron chi connectivity index (χ3n) is 2.62. The number of benzene rings is 1. The molecule has 1 aromatic rings. The Labute approximate surface area is 112 Å². The van der Waals surface area contributed by atoms with Crippen LogP contribution in [0.3, 0.4) is 0 Å². The van der Waals surface area contributed by atoms with Gasteiger partial charge in [0.05, 0.1) is 6.61 Å². The predicted molar refractivity (Wildman–Crippen MR) is 71.0 cm³/mol. The third kappa shape index (κ3) is 5.46. The van der Waals surface area contributed by atoms with Gasteiger partial charge in [-0.05, 0) is 19.9 Å². The van der Waals surface area contributed by atoms with Gasteiger partial charge in [-0.25, -0.2) is 0 Å². The summed E-state index contributed by atoms with van der Waals surface area (Å²) in [6.07, 6.45) is -0.0534. The number of Topliss-reactive ketones (excluding diaryl/α,β-unsaturated/α-hetero) is 2. The van der Waals surface area contributed by atoms with Gasteiger partial charge in [-0.15, -0.1) is 0 Å². The first-order valence-corrected chi connectivity index (χ1v) is 6.30.